The van der Waals surface area contributed by atoms with Crippen LogP contribution in [0.5, 0.6) is 11.5 Å². The Bertz CT molecular complexity index is 2280. The maximum atomic E-state index is 15.3. The van der Waals surface area contributed by atoms with Crippen LogP contribution in [0.15, 0.2) is 34.1 Å². The highest BCUT2D eigenvalue weighted by molar-refractivity contribution is 5.98. The predicted molar refractivity (Wildman–Crippen MR) is 218 cm³/mol. The Labute approximate surface area is 367 Å². The number of hydrogen-bond donors (Lipinski definition) is 4. The van der Waals surface area contributed by atoms with Crippen LogP contribution in [-0.4, -0.2) is 108 Å². The van der Waals surface area contributed by atoms with Crippen molar-refractivity contribution in [2.75, 3.05) is 63.3 Å². The number of methoxy groups -OCH3 is 2. The molecule has 0 unspecified atom stereocenters. The van der Waals surface area contributed by atoms with Crippen LogP contribution in [0.25, 0.3) is 21.8 Å². The van der Waals surface area contributed by atoms with Gasteiger partial charge in [-0.1, -0.05) is 0 Å². The molecule has 340 valence electrons. The number of halogens is 4. The van der Waals surface area contributed by atoms with E-state index in [1.165, 1.54) is 51.6 Å². The maximum Gasteiger partial charge on any atom is 0.341 e. The van der Waals surface area contributed by atoms with Crippen LogP contribution in [0.1, 0.15) is 84.2 Å². The Morgan fingerprint density at radius 2 is 1.02 bits per heavy atom. The van der Waals surface area contributed by atoms with Crippen molar-refractivity contribution in [1.82, 2.24) is 9.13 Å². The van der Waals surface area contributed by atoms with Crippen molar-refractivity contribution < 1.29 is 84.5 Å². The SMILES string of the molecule is COc1c(N2C[C@@H]3CCC[NH2+][C@@H]3C2)c(F)cc2c(=O)c(C(=O)O)cn(C3CC3)c12.COc1c(N2C[C@@H]3CCC[NH2+][C@@H]3C2)c(F)cc2c(=O)c(C(=O)O)cn(C3CC3)c12.O.O.[Cl-].[Cl-]. The highest BCUT2D eigenvalue weighted by Crippen LogP contribution is 2.46. The van der Waals surface area contributed by atoms with Gasteiger partial charge in [0.05, 0.1) is 62.2 Å². The van der Waals surface area contributed by atoms with Crippen molar-refractivity contribution >= 4 is 45.1 Å². The van der Waals surface area contributed by atoms with Gasteiger partial charge in [0.1, 0.15) is 34.6 Å². The van der Waals surface area contributed by atoms with Gasteiger partial charge in [0.25, 0.3) is 0 Å². The van der Waals surface area contributed by atoms with Gasteiger partial charge in [0.15, 0.2) is 23.1 Å². The van der Waals surface area contributed by atoms with E-state index in [0.29, 0.717) is 57.8 Å². The number of hydrogen-bond acceptors (Lipinski definition) is 8. The second kappa shape index (κ2) is 18.9. The van der Waals surface area contributed by atoms with E-state index in [9.17, 15) is 29.4 Å². The molecule has 2 saturated carbocycles. The van der Waals surface area contributed by atoms with E-state index < -0.39 is 34.4 Å². The number of rotatable bonds is 8. The molecule has 0 bridgehead atoms. The van der Waals surface area contributed by atoms with E-state index in [2.05, 4.69) is 10.6 Å². The summed E-state index contributed by atoms with van der Waals surface area (Å²) in [6, 6.07) is 3.52. The number of quaternary nitrogens is 2. The zero-order valence-electron chi connectivity index (χ0n) is 34.5. The third kappa shape index (κ3) is 8.40. The first-order valence-electron chi connectivity index (χ1n) is 20.5. The Morgan fingerprint density at radius 1 is 0.645 bits per heavy atom. The topological polar surface area (TPSA) is 240 Å². The van der Waals surface area contributed by atoms with E-state index in [-0.39, 0.29) is 69.7 Å². The molecule has 62 heavy (non-hydrogen) atoms. The fourth-order valence-electron chi connectivity index (χ4n) is 10.2. The summed E-state index contributed by atoms with van der Waals surface area (Å²) in [6.45, 7) is 5.22. The molecule has 16 nitrogen and oxygen atoms in total. The summed E-state index contributed by atoms with van der Waals surface area (Å²) in [5.74, 6) is -1.96. The van der Waals surface area contributed by atoms with Gasteiger partial charge in [0, 0.05) is 49.4 Å². The molecule has 4 aliphatic heterocycles. The number of nitrogens with two attached hydrogens (primary N) is 2. The van der Waals surface area contributed by atoms with Crippen molar-refractivity contribution in [3.63, 3.8) is 0 Å². The van der Waals surface area contributed by atoms with Gasteiger partial charge in [-0.3, -0.25) is 9.59 Å². The van der Waals surface area contributed by atoms with Gasteiger partial charge >= 0.3 is 11.9 Å². The fourth-order valence-corrected chi connectivity index (χ4v) is 10.2. The van der Waals surface area contributed by atoms with Gasteiger partial charge < -0.3 is 85.0 Å². The molecule has 4 aromatic rings. The molecule has 20 heteroatoms. The van der Waals surface area contributed by atoms with Gasteiger partial charge in [-0.05, 0) is 63.5 Å². The number of fused-ring (bicyclic) bond motifs is 4. The second-order valence-corrected chi connectivity index (χ2v) is 16.9. The lowest BCUT2D eigenvalue weighted by Crippen LogP contribution is -3.00. The summed E-state index contributed by atoms with van der Waals surface area (Å²) in [7, 11) is 2.97. The third-order valence-electron chi connectivity index (χ3n) is 13.3. The molecule has 2 aliphatic carbocycles. The van der Waals surface area contributed by atoms with Gasteiger partial charge in [-0.2, -0.15) is 0 Å². The number of pyridine rings is 2. The normalized spacial score (nSPS) is 22.5. The minimum atomic E-state index is -1.30. The smallest absolute Gasteiger partial charge is 0.341 e. The average molecular weight is 912 g/mol. The molecule has 2 aromatic heterocycles. The summed E-state index contributed by atoms with van der Waals surface area (Å²) in [6.07, 6.45) is 11.0. The monoisotopic (exact) mass is 910 g/mol. The van der Waals surface area contributed by atoms with Crippen LogP contribution in [-0.2, 0) is 0 Å². The van der Waals surface area contributed by atoms with Crippen LogP contribution in [0.3, 0.4) is 0 Å². The number of aromatic nitrogens is 2. The maximum absolute atomic E-state index is 15.3. The number of carbonyl (C=O) groups is 2. The average Bonchev–Trinajstić information content (AvgIpc) is 4.15. The molecule has 10 N–H and O–H groups in total. The largest absolute Gasteiger partial charge is 1.00 e. The first-order valence-corrected chi connectivity index (χ1v) is 20.5. The van der Waals surface area contributed by atoms with E-state index in [1.807, 2.05) is 9.80 Å². The molecule has 0 radical (unpaired) electrons. The zero-order chi connectivity index (χ0) is 40.6. The number of aromatic carboxylic acids is 2. The first kappa shape index (κ1) is 48.3. The molecule has 4 saturated heterocycles. The molecule has 4 atom stereocenters. The molecule has 6 aliphatic rings. The molecule has 6 fully saturated rings. The van der Waals surface area contributed by atoms with E-state index in [0.717, 1.165) is 77.8 Å². The quantitative estimate of drug-likeness (QED) is 0.131. The third-order valence-corrected chi connectivity index (χ3v) is 13.3. The van der Waals surface area contributed by atoms with E-state index in [4.69, 9.17) is 9.47 Å². The number of carboxylic acid groups (broad SMARTS) is 2. The lowest BCUT2D eigenvalue weighted by Gasteiger charge is -2.24. The number of piperidine rings is 2. The summed E-state index contributed by atoms with van der Waals surface area (Å²) in [5.41, 5.74) is -0.228. The molecule has 0 amide bonds. The zero-order valence-corrected chi connectivity index (χ0v) is 36.0. The summed E-state index contributed by atoms with van der Waals surface area (Å²) in [5, 5.41) is 23.7. The van der Waals surface area contributed by atoms with Crippen molar-refractivity contribution in [3.8, 4) is 11.5 Å². The number of carboxylic acids is 2. The number of nitrogens with zero attached hydrogens (tertiary/aromatic N) is 4. The summed E-state index contributed by atoms with van der Waals surface area (Å²) >= 11 is 0. The number of anilines is 2. The second-order valence-electron chi connectivity index (χ2n) is 16.9. The summed E-state index contributed by atoms with van der Waals surface area (Å²) in [4.78, 5) is 52.8. The van der Waals surface area contributed by atoms with Crippen LogP contribution >= 0.6 is 0 Å². The van der Waals surface area contributed by atoms with Crippen LogP contribution in [0.4, 0.5) is 20.2 Å². The number of ether oxygens (including phenoxy) is 2. The standard InChI is InChI=1S/2C21H24FN3O4.2ClH.2H2O/c2*1-29-20-17-13(19(26)14(21(27)28)9-25(17)12-4-5-12)7-15(22)18(20)24-8-11-3-2-6-23-16(11)10-24;;;;/h2*7,9,11-12,16,23H,2-6,8,10H2,1H3,(H,27,28);2*1H;2*1H2/t2*11-,16+;;;;/m00..../s1. The van der Waals surface area contributed by atoms with Gasteiger partial charge in [-0.15, -0.1) is 0 Å². The Kier molecular flexibility index (Phi) is 14.8. The molecular formula is C42H54Cl2F2N6O10. The highest BCUT2D eigenvalue weighted by atomic mass is 35.5. The predicted octanol–water partition coefficient (Wildman–Crippen LogP) is -4.95. The molecule has 2 aromatic carbocycles. The van der Waals surface area contributed by atoms with Crippen molar-refractivity contribution in [2.24, 2.45) is 11.8 Å². The Balaban J connectivity index is 0.000000220. The lowest BCUT2D eigenvalue weighted by atomic mass is 9.94. The van der Waals surface area contributed by atoms with Crippen LogP contribution < -0.4 is 65.6 Å². The van der Waals surface area contributed by atoms with Crippen LogP contribution in [0.2, 0.25) is 0 Å². The van der Waals surface area contributed by atoms with E-state index in [1.54, 1.807) is 9.13 Å². The lowest BCUT2D eigenvalue weighted by molar-refractivity contribution is -0.699. The molecule has 10 rings (SSSR count). The Morgan fingerprint density at radius 3 is 1.32 bits per heavy atom. The summed E-state index contributed by atoms with van der Waals surface area (Å²) < 4.78 is 45.6. The molecular weight excluding hydrogens is 857 g/mol. The number of benzene rings is 2. The molecule has 6 heterocycles. The highest BCUT2D eigenvalue weighted by Gasteiger charge is 2.42. The Hall–Kier alpha value is -4.72. The van der Waals surface area contributed by atoms with Crippen LogP contribution in [0, 0.1) is 23.5 Å². The van der Waals surface area contributed by atoms with E-state index >= 15 is 8.78 Å². The van der Waals surface area contributed by atoms with Crippen molar-refractivity contribution in [1.29, 1.82) is 0 Å². The first-order chi connectivity index (χ1) is 28.0. The van der Waals surface area contributed by atoms with Crippen molar-refractivity contribution in [3.05, 3.63) is 67.7 Å². The minimum Gasteiger partial charge on any atom is -1.00 e. The minimum absolute atomic E-state index is 0. The molecule has 0 spiro atoms. The van der Waals surface area contributed by atoms with Gasteiger partial charge in [0.2, 0.25) is 10.9 Å². The van der Waals surface area contributed by atoms with Gasteiger partial charge in [-0.25, -0.2) is 18.4 Å². The fraction of sp³-hybridized carbons (Fsp3) is 0.524. The van der Waals surface area contributed by atoms with Crippen molar-refractivity contribution in [2.45, 2.75) is 75.5 Å².